The molecule has 158 valence electrons. The molecule has 1 saturated heterocycles. The SMILES string of the molecule is CCOc1ccc(N=C2SC(=Cc3ccc(-c4ccc(Cl)cc4)o3)C(=O)N2CC)cc1. The van der Waals surface area contributed by atoms with Crippen molar-refractivity contribution >= 4 is 46.2 Å². The molecule has 0 radical (unpaired) electrons. The van der Waals surface area contributed by atoms with Gasteiger partial charge in [-0.05, 0) is 86.3 Å². The highest BCUT2D eigenvalue weighted by molar-refractivity contribution is 8.18. The van der Waals surface area contributed by atoms with Crippen LogP contribution in [0.15, 0.2) is 75.0 Å². The number of aliphatic imine (C=N–C) groups is 1. The van der Waals surface area contributed by atoms with Crippen LogP contribution >= 0.6 is 23.4 Å². The van der Waals surface area contributed by atoms with E-state index in [-0.39, 0.29) is 5.91 Å². The van der Waals surface area contributed by atoms with Gasteiger partial charge < -0.3 is 9.15 Å². The number of carbonyl (C=O) groups excluding carboxylic acids is 1. The van der Waals surface area contributed by atoms with Crippen LogP contribution in [0, 0.1) is 0 Å². The molecule has 1 aromatic heterocycles. The zero-order chi connectivity index (χ0) is 21.8. The van der Waals surface area contributed by atoms with Gasteiger partial charge in [0, 0.05) is 23.2 Å². The van der Waals surface area contributed by atoms with Crippen molar-refractivity contribution in [2.24, 2.45) is 4.99 Å². The van der Waals surface area contributed by atoms with Crippen LogP contribution in [0.3, 0.4) is 0 Å². The molecule has 1 aliphatic heterocycles. The first-order chi connectivity index (χ1) is 15.1. The lowest BCUT2D eigenvalue weighted by atomic mass is 10.2. The molecule has 5 nitrogen and oxygen atoms in total. The summed E-state index contributed by atoms with van der Waals surface area (Å²) in [5.41, 5.74) is 1.69. The van der Waals surface area contributed by atoms with Crippen molar-refractivity contribution in [2.45, 2.75) is 13.8 Å². The van der Waals surface area contributed by atoms with E-state index >= 15 is 0 Å². The van der Waals surface area contributed by atoms with Gasteiger partial charge in [-0.15, -0.1) is 0 Å². The number of rotatable bonds is 6. The van der Waals surface area contributed by atoms with Crippen LogP contribution in [0.2, 0.25) is 5.02 Å². The van der Waals surface area contributed by atoms with Gasteiger partial charge in [-0.1, -0.05) is 11.6 Å². The average molecular weight is 453 g/mol. The Morgan fingerprint density at radius 1 is 1.06 bits per heavy atom. The molecule has 1 fully saturated rings. The number of furan rings is 1. The standard InChI is InChI=1S/C24H21ClN2O3S/c1-3-27-23(28)22(31-24(27)26-18-9-11-19(12-10-18)29-4-2)15-20-13-14-21(30-20)16-5-7-17(25)8-6-16/h5-15H,3-4H2,1-2H3. The molecular weight excluding hydrogens is 432 g/mol. The van der Waals surface area contributed by atoms with Crippen LogP contribution in [0.5, 0.6) is 5.75 Å². The Kier molecular flexibility index (Phi) is 6.49. The molecule has 0 saturated carbocycles. The number of ether oxygens (including phenoxy) is 1. The molecule has 2 heterocycles. The zero-order valence-corrected chi connectivity index (χ0v) is 18.7. The summed E-state index contributed by atoms with van der Waals surface area (Å²) in [6, 6.07) is 18.7. The number of halogens is 1. The lowest BCUT2D eigenvalue weighted by Gasteiger charge is -2.12. The Hall–Kier alpha value is -2.96. The van der Waals surface area contributed by atoms with Gasteiger partial charge in [-0.3, -0.25) is 9.69 Å². The summed E-state index contributed by atoms with van der Waals surface area (Å²) >= 11 is 7.29. The van der Waals surface area contributed by atoms with Gasteiger partial charge in [0.25, 0.3) is 5.91 Å². The summed E-state index contributed by atoms with van der Waals surface area (Å²) in [6.45, 7) is 5.02. The summed E-state index contributed by atoms with van der Waals surface area (Å²) in [6.07, 6.45) is 1.76. The van der Waals surface area contributed by atoms with E-state index in [9.17, 15) is 4.79 Å². The minimum atomic E-state index is -0.0818. The van der Waals surface area contributed by atoms with Crippen LogP contribution < -0.4 is 4.74 Å². The first kappa shape index (κ1) is 21.3. The fraction of sp³-hybridized carbons (Fsp3) is 0.167. The lowest BCUT2D eigenvalue weighted by Crippen LogP contribution is -2.28. The Balaban J connectivity index is 1.56. The van der Waals surface area contributed by atoms with Crippen molar-refractivity contribution in [1.82, 2.24) is 4.90 Å². The summed E-state index contributed by atoms with van der Waals surface area (Å²) in [5, 5.41) is 1.32. The van der Waals surface area contributed by atoms with Crippen LogP contribution in [0.4, 0.5) is 5.69 Å². The van der Waals surface area contributed by atoms with E-state index in [0.717, 1.165) is 22.8 Å². The van der Waals surface area contributed by atoms with E-state index in [2.05, 4.69) is 4.99 Å². The molecule has 3 aromatic rings. The normalized spacial score (nSPS) is 16.5. The summed E-state index contributed by atoms with van der Waals surface area (Å²) in [5.74, 6) is 2.04. The Labute approximate surface area is 190 Å². The molecular formula is C24H21ClN2O3S. The maximum absolute atomic E-state index is 12.9. The number of benzene rings is 2. The van der Waals surface area contributed by atoms with Gasteiger partial charge in [0.1, 0.15) is 17.3 Å². The molecule has 0 aliphatic carbocycles. The highest BCUT2D eigenvalue weighted by Crippen LogP contribution is 2.35. The second-order valence-electron chi connectivity index (χ2n) is 6.69. The van der Waals surface area contributed by atoms with E-state index in [1.807, 2.05) is 74.5 Å². The van der Waals surface area contributed by atoms with E-state index in [1.165, 1.54) is 11.8 Å². The molecule has 4 rings (SSSR count). The maximum atomic E-state index is 12.9. The number of thioether (sulfide) groups is 1. The molecule has 7 heteroatoms. The first-order valence-electron chi connectivity index (χ1n) is 9.96. The van der Waals surface area contributed by atoms with Gasteiger partial charge in [0.05, 0.1) is 17.2 Å². The second kappa shape index (κ2) is 9.45. The predicted molar refractivity (Wildman–Crippen MR) is 127 cm³/mol. The molecule has 0 spiro atoms. The van der Waals surface area contributed by atoms with Gasteiger partial charge >= 0.3 is 0 Å². The summed E-state index contributed by atoms with van der Waals surface area (Å²) in [4.78, 5) is 19.8. The molecule has 1 aliphatic rings. The van der Waals surface area contributed by atoms with E-state index in [0.29, 0.717) is 34.0 Å². The zero-order valence-electron chi connectivity index (χ0n) is 17.2. The number of hydrogen-bond donors (Lipinski definition) is 0. The van der Waals surface area contributed by atoms with Gasteiger partial charge in [0.2, 0.25) is 0 Å². The third-order valence-corrected chi connectivity index (χ3v) is 5.86. The maximum Gasteiger partial charge on any atom is 0.266 e. The van der Waals surface area contributed by atoms with Gasteiger partial charge in [0.15, 0.2) is 5.17 Å². The number of nitrogens with zero attached hydrogens (tertiary/aromatic N) is 2. The predicted octanol–water partition coefficient (Wildman–Crippen LogP) is 6.62. The number of amidine groups is 1. The number of likely N-dealkylation sites (N-methyl/N-ethyl adjacent to an activating group) is 1. The highest BCUT2D eigenvalue weighted by atomic mass is 35.5. The summed E-state index contributed by atoms with van der Waals surface area (Å²) in [7, 11) is 0. The van der Waals surface area contributed by atoms with Crippen LogP contribution in [-0.2, 0) is 4.79 Å². The van der Waals surface area contributed by atoms with Crippen molar-refractivity contribution < 1.29 is 13.9 Å². The largest absolute Gasteiger partial charge is 0.494 e. The van der Waals surface area contributed by atoms with Crippen LogP contribution in [-0.4, -0.2) is 29.1 Å². The van der Waals surface area contributed by atoms with Crippen LogP contribution in [0.25, 0.3) is 17.4 Å². The highest BCUT2D eigenvalue weighted by Gasteiger charge is 2.32. The molecule has 0 atom stereocenters. The number of carbonyl (C=O) groups is 1. The number of amides is 1. The Morgan fingerprint density at radius 3 is 2.48 bits per heavy atom. The van der Waals surface area contributed by atoms with Crippen molar-refractivity contribution in [3.8, 4) is 17.1 Å². The van der Waals surface area contributed by atoms with Crippen LogP contribution in [0.1, 0.15) is 19.6 Å². The minimum Gasteiger partial charge on any atom is -0.494 e. The van der Waals surface area contributed by atoms with Gasteiger partial charge in [-0.2, -0.15) is 0 Å². The quantitative estimate of drug-likeness (QED) is 0.394. The van der Waals surface area contributed by atoms with E-state index in [1.54, 1.807) is 11.0 Å². The van der Waals surface area contributed by atoms with E-state index < -0.39 is 0 Å². The summed E-state index contributed by atoms with van der Waals surface area (Å²) < 4.78 is 11.4. The molecule has 31 heavy (non-hydrogen) atoms. The molecule has 1 amide bonds. The Morgan fingerprint density at radius 2 is 1.81 bits per heavy atom. The molecule has 0 N–H and O–H groups in total. The van der Waals surface area contributed by atoms with Crippen molar-refractivity contribution in [2.75, 3.05) is 13.2 Å². The molecule has 2 aromatic carbocycles. The molecule has 0 unspecified atom stereocenters. The smallest absolute Gasteiger partial charge is 0.266 e. The van der Waals surface area contributed by atoms with E-state index in [4.69, 9.17) is 20.8 Å². The third-order valence-electron chi connectivity index (χ3n) is 4.61. The third kappa shape index (κ3) is 4.86. The number of hydrogen-bond acceptors (Lipinski definition) is 5. The molecule has 0 bridgehead atoms. The van der Waals surface area contributed by atoms with Crippen molar-refractivity contribution in [1.29, 1.82) is 0 Å². The topological polar surface area (TPSA) is 55.0 Å². The first-order valence-corrected chi connectivity index (χ1v) is 11.2. The Bertz CT molecular complexity index is 1130. The fourth-order valence-electron chi connectivity index (χ4n) is 3.09. The minimum absolute atomic E-state index is 0.0818. The van der Waals surface area contributed by atoms with Gasteiger partial charge in [-0.25, -0.2) is 4.99 Å². The monoisotopic (exact) mass is 452 g/mol. The van der Waals surface area contributed by atoms with Crippen molar-refractivity contribution in [3.05, 3.63) is 76.4 Å². The lowest BCUT2D eigenvalue weighted by molar-refractivity contribution is -0.122. The second-order valence-corrected chi connectivity index (χ2v) is 8.14. The fourth-order valence-corrected chi connectivity index (χ4v) is 4.26. The van der Waals surface area contributed by atoms with Crippen molar-refractivity contribution in [3.63, 3.8) is 0 Å². The average Bonchev–Trinajstić information content (AvgIpc) is 3.35.